The first kappa shape index (κ1) is 25.7. The Hall–Kier alpha value is -3.98. The minimum atomic E-state index is -4.01. The van der Waals surface area contributed by atoms with E-state index in [-0.39, 0.29) is 29.3 Å². The predicted octanol–water partition coefficient (Wildman–Crippen LogP) is 4.70. The number of benzene rings is 2. The average molecular weight is 532 g/mol. The lowest BCUT2D eigenvalue weighted by Crippen LogP contribution is -2.53. The van der Waals surface area contributed by atoms with Gasteiger partial charge in [-0.3, -0.25) is 4.79 Å². The van der Waals surface area contributed by atoms with E-state index in [1.54, 1.807) is 18.2 Å². The molecule has 9 heteroatoms. The van der Waals surface area contributed by atoms with Crippen LogP contribution in [0.25, 0.3) is 11.0 Å². The molecule has 0 radical (unpaired) electrons. The molecule has 1 aliphatic heterocycles. The van der Waals surface area contributed by atoms with Gasteiger partial charge in [0.05, 0.1) is 10.5 Å². The second kappa shape index (κ2) is 9.40. The maximum atomic E-state index is 13.9. The number of rotatable bonds is 6. The summed E-state index contributed by atoms with van der Waals surface area (Å²) in [5.74, 6) is -0.958. The third-order valence-corrected chi connectivity index (χ3v) is 8.39. The molecular formula is C29H29N3O5S. The fourth-order valence-electron chi connectivity index (χ4n) is 4.87. The number of hydrogen-bond donors (Lipinski definition) is 0. The van der Waals surface area contributed by atoms with Crippen LogP contribution in [0.5, 0.6) is 0 Å². The van der Waals surface area contributed by atoms with Crippen molar-refractivity contribution in [2.24, 2.45) is 5.41 Å². The van der Waals surface area contributed by atoms with E-state index in [9.17, 15) is 18.0 Å². The van der Waals surface area contributed by atoms with E-state index in [1.807, 2.05) is 58.0 Å². The lowest BCUT2D eigenvalue weighted by molar-refractivity contribution is -0.154. The molecule has 2 aromatic heterocycles. The number of ether oxygens (including phenoxy) is 1. The zero-order valence-corrected chi connectivity index (χ0v) is 22.5. The molecule has 1 amide bonds. The van der Waals surface area contributed by atoms with Crippen LogP contribution in [0.2, 0.25) is 0 Å². The topological polar surface area (TPSA) is 98.6 Å². The fraction of sp³-hybridized carbons (Fsp3) is 0.276. The molecule has 4 aromatic rings. The van der Waals surface area contributed by atoms with Crippen molar-refractivity contribution < 1.29 is 22.7 Å². The van der Waals surface area contributed by atoms with Crippen molar-refractivity contribution in [1.82, 2.24) is 13.9 Å². The highest BCUT2D eigenvalue weighted by atomic mass is 32.2. The Balaban J connectivity index is 1.54. The van der Waals surface area contributed by atoms with E-state index >= 15 is 0 Å². The van der Waals surface area contributed by atoms with Gasteiger partial charge < -0.3 is 9.64 Å². The Kier molecular flexibility index (Phi) is 6.35. The molecule has 0 fully saturated rings. The van der Waals surface area contributed by atoms with Gasteiger partial charge >= 0.3 is 5.97 Å². The predicted molar refractivity (Wildman–Crippen MR) is 143 cm³/mol. The number of pyridine rings is 1. The Morgan fingerprint density at radius 3 is 2.39 bits per heavy atom. The molecule has 2 aromatic carbocycles. The number of carbonyl (C=O) groups excluding carboxylic acids is 2. The molecule has 8 nitrogen and oxygen atoms in total. The molecule has 196 valence electrons. The summed E-state index contributed by atoms with van der Waals surface area (Å²) in [4.78, 5) is 33.2. The normalized spacial score (nSPS) is 14.5. The zero-order chi connectivity index (χ0) is 27.2. The van der Waals surface area contributed by atoms with E-state index in [2.05, 4.69) is 4.98 Å². The molecule has 1 atom stereocenters. The van der Waals surface area contributed by atoms with Crippen LogP contribution in [-0.2, 0) is 32.7 Å². The van der Waals surface area contributed by atoms with Crippen LogP contribution in [-0.4, -0.2) is 40.2 Å². The number of carbonyl (C=O) groups is 2. The Morgan fingerprint density at radius 1 is 1.05 bits per heavy atom. The summed E-state index contributed by atoms with van der Waals surface area (Å²) in [7, 11) is -4.01. The van der Waals surface area contributed by atoms with E-state index in [0.29, 0.717) is 10.9 Å². The van der Waals surface area contributed by atoms with Crippen LogP contribution in [0.3, 0.4) is 0 Å². The Labute approximate surface area is 221 Å². The van der Waals surface area contributed by atoms with Crippen LogP contribution in [0.1, 0.15) is 47.8 Å². The SMILES string of the molecule is Cc1ccc(S(=O)(=O)n2cc3c4c(ccnc42)CN([C@@H](C(=O)OCc2ccccc2)C(C)(C)C)C3=O)cc1. The van der Waals surface area contributed by atoms with Crippen molar-refractivity contribution in [3.8, 4) is 0 Å². The van der Waals surface area contributed by atoms with Crippen LogP contribution in [0, 0.1) is 12.3 Å². The van der Waals surface area contributed by atoms with Gasteiger partial charge in [0.15, 0.2) is 5.65 Å². The number of aryl methyl sites for hydroxylation is 1. The molecule has 1 aliphatic rings. The standard InChI is InChI=1S/C29H29N3O5S/c1-19-10-12-22(13-11-19)38(35,36)32-17-23-24-21(14-15-30-26(24)32)16-31(27(23)33)25(29(2,3)4)28(34)37-18-20-8-6-5-7-9-20/h5-15,17,25H,16,18H2,1-4H3/t25-/m0/s1. The molecule has 5 rings (SSSR count). The molecule has 0 N–H and O–H groups in total. The van der Waals surface area contributed by atoms with Crippen molar-refractivity contribution in [2.45, 2.75) is 51.8 Å². The van der Waals surface area contributed by atoms with Gasteiger partial charge in [-0.25, -0.2) is 22.2 Å². The molecule has 0 saturated carbocycles. The maximum absolute atomic E-state index is 13.9. The molecular weight excluding hydrogens is 502 g/mol. The molecule has 38 heavy (non-hydrogen) atoms. The van der Waals surface area contributed by atoms with Crippen LogP contribution >= 0.6 is 0 Å². The van der Waals surface area contributed by atoms with E-state index < -0.39 is 33.4 Å². The highest BCUT2D eigenvalue weighted by Crippen LogP contribution is 2.37. The van der Waals surface area contributed by atoms with Crippen molar-refractivity contribution in [1.29, 1.82) is 0 Å². The van der Waals surface area contributed by atoms with E-state index in [4.69, 9.17) is 4.74 Å². The second-order valence-corrected chi connectivity index (χ2v) is 12.4. The highest BCUT2D eigenvalue weighted by molar-refractivity contribution is 7.90. The smallest absolute Gasteiger partial charge is 0.329 e. The third-order valence-electron chi connectivity index (χ3n) is 6.73. The quantitative estimate of drug-likeness (QED) is 0.335. The number of aromatic nitrogens is 2. The first-order chi connectivity index (χ1) is 18.0. The molecule has 3 heterocycles. The van der Waals surface area contributed by atoms with Crippen LogP contribution < -0.4 is 0 Å². The first-order valence-corrected chi connectivity index (χ1v) is 13.7. The Morgan fingerprint density at radius 2 is 1.74 bits per heavy atom. The monoisotopic (exact) mass is 531 g/mol. The van der Waals surface area contributed by atoms with Crippen LogP contribution in [0.4, 0.5) is 0 Å². The molecule has 0 bridgehead atoms. The van der Waals surface area contributed by atoms with Crippen molar-refractivity contribution in [2.75, 3.05) is 0 Å². The Bertz CT molecular complexity index is 1640. The number of nitrogens with zero attached hydrogens (tertiary/aromatic N) is 3. The highest BCUT2D eigenvalue weighted by Gasteiger charge is 2.44. The van der Waals surface area contributed by atoms with E-state index in [0.717, 1.165) is 15.1 Å². The van der Waals surface area contributed by atoms with Gasteiger partial charge in [0.1, 0.15) is 12.6 Å². The molecule has 0 aliphatic carbocycles. The van der Waals surface area contributed by atoms with Gasteiger partial charge in [-0.2, -0.15) is 0 Å². The fourth-order valence-corrected chi connectivity index (χ4v) is 6.19. The van der Waals surface area contributed by atoms with Crippen molar-refractivity contribution >= 4 is 32.9 Å². The number of amides is 1. The lowest BCUT2D eigenvalue weighted by Gasteiger charge is -2.39. The van der Waals surface area contributed by atoms with E-state index in [1.165, 1.54) is 29.4 Å². The van der Waals surface area contributed by atoms with Crippen molar-refractivity contribution in [3.05, 3.63) is 95.3 Å². The second-order valence-electron chi connectivity index (χ2n) is 10.6. The summed E-state index contributed by atoms with van der Waals surface area (Å²) in [5, 5.41) is 0.481. The summed E-state index contributed by atoms with van der Waals surface area (Å²) in [6.07, 6.45) is 2.84. The first-order valence-electron chi connectivity index (χ1n) is 12.3. The van der Waals surface area contributed by atoms with Gasteiger partial charge in [-0.1, -0.05) is 68.8 Å². The summed E-state index contributed by atoms with van der Waals surface area (Å²) >= 11 is 0. The lowest BCUT2D eigenvalue weighted by atomic mass is 9.84. The number of esters is 1. The van der Waals surface area contributed by atoms with Crippen LogP contribution in [0.15, 0.2) is 78.0 Å². The maximum Gasteiger partial charge on any atom is 0.329 e. The molecule has 0 saturated heterocycles. The third kappa shape index (κ3) is 4.47. The summed E-state index contributed by atoms with van der Waals surface area (Å²) in [5.41, 5.74) is 2.21. The van der Waals surface area contributed by atoms with Gasteiger partial charge in [0.25, 0.3) is 15.9 Å². The van der Waals surface area contributed by atoms with Gasteiger partial charge in [-0.15, -0.1) is 0 Å². The van der Waals surface area contributed by atoms with Crippen molar-refractivity contribution in [3.63, 3.8) is 0 Å². The van der Waals surface area contributed by atoms with Gasteiger partial charge in [-0.05, 0) is 41.7 Å². The van der Waals surface area contributed by atoms with Gasteiger partial charge in [0.2, 0.25) is 0 Å². The molecule has 0 unspecified atom stereocenters. The zero-order valence-electron chi connectivity index (χ0n) is 21.7. The summed E-state index contributed by atoms with van der Waals surface area (Å²) < 4.78 is 33.8. The molecule has 0 spiro atoms. The number of hydrogen-bond acceptors (Lipinski definition) is 6. The largest absolute Gasteiger partial charge is 0.459 e. The average Bonchev–Trinajstić information content (AvgIpc) is 3.28. The minimum absolute atomic E-state index is 0.0875. The minimum Gasteiger partial charge on any atom is -0.459 e. The van der Waals surface area contributed by atoms with Gasteiger partial charge in [0, 0.05) is 24.3 Å². The summed E-state index contributed by atoms with van der Waals surface area (Å²) in [6.45, 7) is 7.71. The summed E-state index contributed by atoms with van der Waals surface area (Å²) in [6, 6.07) is 16.7.